The first kappa shape index (κ1) is 14.2. The lowest BCUT2D eigenvalue weighted by Gasteiger charge is -2.06. The van der Waals surface area contributed by atoms with Crippen LogP contribution in [0.5, 0.6) is 0 Å². The number of aromatic nitrogens is 5. The number of furan rings is 1. The van der Waals surface area contributed by atoms with Crippen LogP contribution < -0.4 is 11.1 Å². The van der Waals surface area contributed by atoms with Crippen LogP contribution in [0.2, 0.25) is 0 Å². The number of rotatable bonds is 4. The molecule has 0 amide bonds. The summed E-state index contributed by atoms with van der Waals surface area (Å²) in [4.78, 5) is 13.3. The Morgan fingerprint density at radius 2 is 2.12 bits per heavy atom. The van der Waals surface area contributed by atoms with Crippen LogP contribution in [0.15, 0.2) is 47.2 Å². The van der Waals surface area contributed by atoms with Crippen molar-refractivity contribution in [1.29, 1.82) is 0 Å². The number of fused-ring (bicyclic) bond motifs is 1. The van der Waals surface area contributed by atoms with Gasteiger partial charge in [-0.2, -0.15) is 10.1 Å². The number of nitrogen functional groups attached to an aromatic ring is 1. The Hall–Kier alpha value is -3.42. The minimum absolute atomic E-state index is 0.442. The van der Waals surface area contributed by atoms with Gasteiger partial charge in [0.15, 0.2) is 11.4 Å². The highest BCUT2D eigenvalue weighted by Crippen LogP contribution is 2.31. The molecular weight excluding hydrogens is 306 g/mol. The van der Waals surface area contributed by atoms with Gasteiger partial charge in [0.2, 0.25) is 5.95 Å². The average molecular weight is 321 g/mol. The SMILES string of the molecule is Cn1nc2nc(NCc3ccccn3)nc(-c3ccco3)c2c1N. The van der Waals surface area contributed by atoms with Crippen LogP contribution in [0, 0.1) is 0 Å². The second kappa shape index (κ2) is 5.65. The Balaban J connectivity index is 1.77. The molecule has 8 nitrogen and oxygen atoms in total. The topological polar surface area (TPSA) is 108 Å². The maximum Gasteiger partial charge on any atom is 0.225 e. The summed E-state index contributed by atoms with van der Waals surface area (Å²) in [6.45, 7) is 0.506. The first-order chi connectivity index (χ1) is 11.7. The van der Waals surface area contributed by atoms with Crippen molar-refractivity contribution in [3.05, 3.63) is 48.5 Å². The molecule has 0 bridgehead atoms. The van der Waals surface area contributed by atoms with E-state index in [2.05, 4.69) is 25.4 Å². The lowest BCUT2D eigenvalue weighted by atomic mass is 10.2. The van der Waals surface area contributed by atoms with E-state index < -0.39 is 0 Å². The van der Waals surface area contributed by atoms with Crippen LogP contribution in [0.25, 0.3) is 22.5 Å². The van der Waals surface area contributed by atoms with Crippen molar-refractivity contribution in [2.24, 2.45) is 7.05 Å². The van der Waals surface area contributed by atoms with E-state index in [1.54, 1.807) is 30.3 Å². The lowest BCUT2D eigenvalue weighted by Crippen LogP contribution is -2.06. The summed E-state index contributed by atoms with van der Waals surface area (Å²) in [6.07, 6.45) is 3.34. The van der Waals surface area contributed by atoms with Crippen LogP contribution in [0.1, 0.15) is 5.69 Å². The molecule has 120 valence electrons. The standard InChI is InChI=1S/C16H15N7O/c1-23-14(17)12-13(11-6-4-8-24-11)20-16(21-15(12)22-23)19-9-10-5-2-3-7-18-10/h2-8H,9,17H2,1H3,(H,19,21,22). The van der Waals surface area contributed by atoms with Gasteiger partial charge in [0.25, 0.3) is 0 Å². The molecule has 0 unspecified atom stereocenters. The third kappa shape index (κ3) is 2.43. The summed E-state index contributed by atoms with van der Waals surface area (Å²) < 4.78 is 7.06. The van der Waals surface area contributed by atoms with Gasteiger partial charge in [0, 0.05) is 13.2 Å². The molecule has 8 heteroatoms. The van der Waals surface area contributed by atoms with Crippen LogP contribution in [-0.4, -0.2) is 24.7 Å². The molecule has 0 radical (unpaired) electrons. The summed E-state index contributed by atoms with van der Waals surface area (Å²) in [5.41, 5.74) is 8.12. The highest BCUT2D eigenvalue weighted by molar-refractivity contribution is 5.97. The fourth-order valence-electron chi connectivity index (χ4n) is 2.46. The molecule has 0 atom stereocenters. The van der Waals surface area contributed by atoms with E-state index in [0.29, 0.717) is 40.8 Å². The average Bonchev–Trinajstić information content (AvgIpc) is 3.23. The number of nitrogens with zero attached hydrogens (tertiary/aromatic N) is 5. The summed E-state index contributed by atoms with van der Waals surface area (Å²) in [7, 11) is 1.77. The molecule has 0 aliphatic rings. The number of anilines is 2. The fraction of sp³-hybridized carbons (Fsp3) is 0.125. The zero-order valence-electron chi connectivity index (χ0n) is 13.0. The van der Waals surface area contributed by atoms with Crippen LogP contribution in [0.3, 0.4) is 0 Å². The number of hydrogen-bond donors (Lipinski definition) is 2. The van der Waals surface area contributed by atoms with Gasteiger partial charge >= 0.3 is 0 Å². The molecule has 24 heavy (non-hydrogen) atoms. The van der Waals surface area contributed by atoms with Gasteiger partial charge in [-0.1, -0.05) is 6.07 Å². The highest BCUT2D eigenvalue weighted by atomic mass is 16.3. The Labute approximate surface area is 137 Å². The molecule has 0 saturated carbocycles. The van der Waals surface area contributed by atoms with Gasteiger partial charge in [-0.3, -0.25) is 9.67 Å². The van der Waals surface area contributed by atoms with Crippen molar-refractivity contribution in [3.8, 4) is 11.5 Å². The molecule has 4 heterocycles. The molecule has 3 N–H and O–H groups in total. The Bertz CT molecular complexity index is 977. The molecule has 4 rings (SSSR count). The maximum absolute atomic E-state index is 6.11. The van der Waals surface area contributed by atoms with Gasteiger partial charge in [-0.25, -0.2) is 4.98 Å². The third-order valence-electron chi connectivity index (χ3n) is 3.65. The zero-order chi connectivity index (χ0) is 16.5. The monoisotopic (exact) mass is 321 g/mol. The Kier molecular flexibility index (Phi) is 3.34. The maximum atomic E-state index is 6.11. The molecule has 4 aromatic heterocycles. The number of aryl methyl sites for hydroxylation is 1. The Morgan fingerprint density at radius 3 is 2.88 bits per heavy atom. The molecule has 0 spiro atoms. The molecule has 0 aliphatic heterocycles. The third-order valence-corrected chi connectivity index (χ3v) is 3.65. The summed E-state index contributed by atoms with van der Waals surface area (Å²) in [5, 5.41) is 8.19. The minimum atomic E-state index is 0.442. The molecular formula is C16H15N7O. The van der Waals surface area contributed by atoms with Gasteiger partial charge in [-0.15, -0.1) is 0 Å². The summed E-state index contributed by atoms with van der Waals surface area (Å²) in [6, 6.07) is 9.37. The normalized spacial score (nSPS) is 11.0. The van der Waals surface area contributed by atoms with Crippen molar-refractivity contribution in [1.82, 2.24) is 24.7 Å². The van der Waals surface area contributed by atoms with Gasteiger partial charge in [0.05, 0.1) is 23.9 Å². The quantitative estimate of drug-likeness (QED) is 0.593. The smallest absolute Gasteiger partial charge is 0.225 e. The largest absolute Gasteiger partial charge is 0.463 e. The number of pyridine rings is 1. The number of hydrogen-bond acceptors (Lipinski definition) is 7. The van der Waals surface area contributed by atoms with E-state index in [4.69, 9.17) is 10.2 Å². The first-order valence-electron chi connectivity index (χ1n) is 7.40. The van der Waals surface area contributed by atoms with Crippen LogP contribution >= 0.6 is 0 Å². The molecule has 0 aliphatic carbocycles. The van der Waals surface area contributed by atoms with Gasteiger partial charge in [-0.05, 0) is 24.3 Å². The van der Waals surface area contributed by atoms with E-state index in [1.165, 1.54) is 0 Å². The van der Waals surface area contributed by atoms with Crippen molar-refractivity contribution < 1.29 is 4.42 Å². The molecule has 0 aromatic carbocycles. The lowest BCUT2D eigenvalue weighted by molar-refractivity contribution is 0.580. The molecule has 0 saturated heterocycles. The van der Waals surface area contributed by atoms with Crippen LogP contribution in [-0.2, 0) is 13.6 Å². The highest BCUT2D eigenvalue weighted by Gasteiger charge is 2.18. The number of nitrogens with one attached hydrogen (secondary N) is 1. The second-order valence-electron chi connectivity index (χ2n) is 5.26. The van der Waals surface area contributed by atoms with Crippen molar-refractivity contribution >= 4 is 22.8 Å². The molecule has 4 aromatic rings. The second-order valence-corrected chi connectivity index (χ2v) is 5.26. The van der Waals surface area contributed by atoms with E-state index in [0.717, 1.165) is 5.69 Å². The predicted octanol–water partition coefficient (Wildman–Crippen LogP) is 2.21. The van der Waals surface area contributed by atoms with Gasteiger partial charge < -0.3 is 15.5 Å². The first-order valence-corrected chi connectivity index (χ1v) is 7.40. The summed E-state index contributed by atoms with van der Waals surface area (Å²) in [5.74, 6) is 1.55. The van der Waals surface area contributed by atoms with E-state index in [9.17, 15) is 0 Å². The van der Waals surface area contributed by atoms with Crippen molar-refractivity contribution in [2.45, 2.75) is 6.54 Å². The van der Waals surface area contributed by atoms with E-state index >= 15 is 0 Å². The van der Waals surface area contributed by atoms with Crippen molar-refractivity contribution in [3.63, 3.8) is 0 Å². The minimum Gasteiger partial charge on any atom is -0.463 e. The van der Waals surface area contributed by atoms with E-state index in [1.807, 2.05) is 24.3 Å². The zero-order valence-corrected chi connectivity index (χ0v) is 13.0. The summed E-state index contributed by atoms with van der Waals surface area (Å²) >= 11 is 0. The van der Waals surface area contributed by atoms with E-state index in [-0.39, 0.29) is 0 Å². The fourth-order valence-corrected chi connectivity index (χ4v) is 2.46. The predicted molar refractivity (Wildman–Crippen MR) is 90.0 cm³/mol. The van der Waals surface area contributed by atoms with Crippen molar-refractivity contribution in [2.75, 3.05) is 11.1 Å². The molecule has 0 fully saturated rings. The Morgan fingerprint density at radius 1 is 1.21 bits per heavy atom. The van der Waals surface area contributed by atoms with Crippen LogP contribution in [0.4, 0.5) is 11.8 Å². The van der Waals surface area contributed by atoms with Gasteiger partial charge in [0.1, 0.15) is 11.5 Å². The number of nitrogens with two attached hydrogens (primary N) is 1.